The van der Waals surface area contributed by atoms with Crippen molar-refractivity contribution in [2.24, 2.45) is 5.92 Å². The molecule has 1 aliphatic heterocycles. The van der Waals surface area contributed by atoms with Crippen LogP contribution in [0.15, 0.2) is 0 Å². The minimum Gasteiger partial charge on any atom is -0.480 e. The van der Waals surface area contributed by atoms with Gasteiger partial charge in [0, 0.05) is 0 Å². The number of amides is 1. The molecule has 104 valence electrons. The van der Waals surface area contributed by atoms with Crippen LogP contribution in [0.25, 0.3) is 0 Å². The molecule has 0 aromatic rings. The van der Waals surface area contributed by atoms with Crippen molar-refractivity contribution < 1.29 is 19.4 Å². The van der Waals surface area contributed by atoms with Crippen molar-refractivity contribution >= 4 is 23.8 Å². The van der Waals surface area contributed by atoms with Gasteiger partial charge in [-0.2, -0.15) is 0 Å². The molecular weight excluding hydrogens is 254 g/mol. The van der Waals surface area contributed by atoms with Gasteiger partial charge in [-0.3, -0.25) is 4.79 Å². The van der Waals surface area contributed by atoms with Crippen molar-refractivity contribution in [2.75, 3.05) is 0 Å². The van der Waals surface area contributed by atoms with E-state index in [1.807, 2.05) is 13.8 Å². The van der Waals surface area contributed by atoms with Gasteiger partial charge < -0.3 is 15.2 Å². The maximum Gasteiger partial charge on any atom is 0.408 e. The maximum absolute atomic E-state index is 11.6. The average molecular weight is 275 g/mol. The number of rotatable bonds is 4. The van der Waals surface area contributed by atoms with Crippen LogP contribution in [0.5, 0.6) is 0 Å². The van der Waals surface area contributed by atoms with E-state index in [4.69, 9.17) is 4.74 Å². The molecule has 1 unspecified atom stereocenters. The van der Waals surface area contributed by atoms with Crippen molar-refractivity contribution in [2.45, 2.75) is 56.8 Å². The van der Waals surface area contributed by atoms with E-state index >= 15 is 0 Å². The number of alkyl carbamates (subject to hydrolysis) is 1. The summed E-state index contributed by atoms with van der Waals surface area (Å²) in [6.45, 7) is 9.24. The summed E-state index contributed by atoms with van der Waals surface area (Å²) in [6, 6.07) is 0. The van der Waals surface area contributed by atoms with Crippen molar-refractivity contribution in [3.05, 3.63) is 0 Å². The number of hydrogen-bond donors (Lipinski definition) is 2. The quantitative estimate of drug-likeness (QED) is 0.771. The summed E-state index contributed by atoms with van der Waals surface area (Å²) in [5.41, 5.74) is -0.576. The zero-order valence-electron chi connectivity index (χ0n) is 11.4. The molecular formula is C12H21NO4S. The molecule has 0 spiro atoms. The molecule has 1 aliphatic rings. The highest BCUT2D eigenvalue weighted by Crippen LogP contribution is 2.56. The van der Waals surface area contributed by atoms with Gasteiger partial charge in [-0.15, -0.1) is 11.8 Å². The van der Waals surface area contributed by atoms with Crippen LogP contribution in [0.1, 0.15) is 41.0 Å². The number of hydrogen-bond acceptors (Lipinski definition) is 4. The summed E-state index contributed by atoms with van der Waals surface area (Å²) in [6.07, 6.45) is -0.0279. The smallest absolute Gasteiger partial charge is 0.408 e. The molecule has 1 heterocycles. The summed E-state index contributed by atoms with van der Waals surface area (Å²) < 4.78 is 4.23. The number of ether oxygens (including phenoxy) is 1. The maximum atomic E-state index is 11.6. The van der Waals surface area contributed by atoms with E-state index < -0.39 is 27.8 Å². The zero-order chi connectivity index (χ0) is 14.1. The molecule has 0 aromatic heterocycles. The van der Waals surface area contributed by atoms with E-state index in [-0.39, 0.29) is 5.92 Å². The van der Waals surface area contributed by atoms with Crippen LogP contribution in [0.4, 0.5) is 4.79 Å². The van der Waals surface area contributed by atoms with Crippen LogP contribution in [-0.4, -0.2) is 32.9 Å². The van der Waals surface area contributed by atoms with Gasteiger partial charge in [0.25, 0.3) is 0 Å². The minimum atomic E-state index is -0.884. The first-order chi connectivity index (χ1) is 8.07. The van der Waals surface area contributed by atoms with Gasteiger partial charge in [0.05, 0.1) is 0 Å². The number of carbonyl (C=O) groups is 2. The molecule has 0 radical (unpaired) electrons. The van der Waals surface area contributed by atoms with Crippen LogP contribution in [0, 0.1) is 5.92 Å². The Morgan fingerprint density at radius 2 is 2.00 bits per heavy atom. The predicted molar refractivity (Wildman–Crippen MR) is 70.6 cm³/mol. The normalized spacial score (nSPS) is 26.9. The first kappa shape index (κ1) is 15.1. The first-order valence-corrected chi connectivity index (χ1v) is 6.85. The summed E-state index contributed by atoms with van der Waals surface area (Å²) in [7, 11) is 0. The molecule has 2 atom stereocenters. The zero-order valence-corrected chi connectivity index (χ0v) is 12.3. The Morgan fingerprint density at radius 3 is 2.39 bits per heavy atom. The highest BCUT2D eigenvalue weighted by atomic mass is 32.2. The van der Waals surface area contributed by atoms with Crippen molar-refractivity contribution in [3.8, 4) is 0 Å². The van der Waals surface area contributed by atoms with Crippen LogP contribution >= 0.6 is 11.8 Å². The monoisotopic (exact) mass is 275 g/mol. The second-order valence-electron chi connectivity index (χ2n) is 5.94. The minimum absolute atomic E-state index is 0.263. The average Bonchev–Trinajstić information content (AvgIpc) is 2.74. The van der Waals surface area contributed by atoms with Crippen LogP contribution < -0.4 is 5.32 Å². The van der Waals surface area contributed by atoms with Crippen molar-refractivity contribution in [1.82, 2.24) is 5.32 Å². The van der Waals surface area contributed by atoms with E-state index in [0.717, 1.165) is 0 Å². The molecule has 1 saturated heterocycles. The van der Waals surface area contributed by atoms with Gasteiger partial charge in [0.15, 0.2) is 0 Å². The molecule has 1 fully saturated rings. The first-order valence-electron chi connectivity index (χ1n) is 5.97. The van der Waals surface area contributed by atoms with Crippen LogP contribution in [-0.2, 0) is 9.53 Å². The Hall–Kier alpha value is -0.910. The second-order valence-corrected chi connectivity index (χ2v) is 7.37. The van der Waals surface area contributed by atoms with E-state index in [1.165, 1.54) is 11.8 Å². The standard InChI is InChI=1S/C12H21NO4S/c1-7(2)6-12(9(14)15)8(18-12)13-10(16)17-11(3,4)5/h7-8H,6H2,1-5H3,(H,13,16)(H,14,15)/t8?,12-/m1/s1. The van der Waals surface area contributed by atoms with Gasteiger partial charge in [0.2, 0.25) is 0 Å². The SMILES string of the molecule is CC(C)C[C@@]1(C(=O)O)SC1NC(=O)OC(C)(C)C. The Balaban J connectivity index is 2.56. The summed E-state index contributed by atoms with van der Waals surface area (Å²) in [5, 5.41) is 11.5. The summed E-state index contributed by atoms with van der Waals surface area (Å²) >= 11 is 1.26. The third-order valence-corrected chi connectivity index (χ3v) is 3.92. The number of aliphatic carboxylic acids is 1. The van der Waals surface area contributed by atoms with E-state index in [0.29, 0.717) is 6.42 Å². The van der Waals surface area contributed by atoms with E-state index in [9.17, 15) is 14.7 Å². The third kappa shape index (κ3) is 3.80. The Labute approximate surface area is 112 Å². The topological polar surface area (TPSA) is 75.6 Å². The molecule has 18 heavy (non-hydrogen) atoms. The molecule has 6 heteroatoms. The molecule has 0 saturated carbocycles. The highest BCUT2D eigenvalue weighted by Gasteiger charge is 2.63. The molecule has 0 bridgehead atoms. The molecule has 5 nitrogen and oxygen atoms in total. The fourth-order valence-corrected chi connectivity index (χ4v) is 3.04. The lowest BCUT2D eigenvalue weighted by Gasteiger charge is -2.20. The number of thioether (sulfide) groups is 1. The number of carbonyl (C=O) groups excluding carboxylic acids is 1. The third-order valence-electron chi connectivity index (χ3n) is 2.42. The van der Waals surface area contributed by atoms with Crippen LogP contribution in [0.3, 0.4) is 0 Å². The highest BCUT2D eigenvalue weighted by molar-refractivity contribution is 8.09. The number of nitrogens with one attached hydrogen (secondary N) is 1. The Kier molecular flexibility index (Phi) is 4.20. The molecule has 2 N–H and O–H groups in total. The molecule has 0 aliphatic carbocycles. The van der Waals surface area contributed by atoms with Gasteiger partial charge in [0.1, 0.15) is 15.7 Å². The van der Waals surface area contributed by atoms with E-state index in [1.54, 1.807) is 20.8 Å². The lowest BCUT2D eigenvalue weighted by atomic mass is 9.97. The lowest BCUT2D eigenvalue weighted by molar-refractivity contribution is -0.139. The van der Waals surface area contributed by atoms with Gasteiger partial charge in [-0.05, 0) is 33.1 Å². The van der Waals surface area contributed by atoms with Gasteiger partial charge in [-0.1, -0.05) is 13.8 Å². The number of carboxylic acids is 1. The fourth-order valence-electron chi connectivity index (χ4n) is 1.75. The van der Waals surface area contributed by atoms with Crippen LogP contribution in [0.2, 0.25) is 0 Å². The molecule has 1 amide bonds. The summed E-state index contributed by atoms with van der Waals surface area (Å²) in [5.74, 6) is -0.610. The van der Waals surface area contributed by atoms with Gasteiger partial charge in [-0.25, -0.2) is 4.79 Å². The number of carboxylic acid groups (broad SMARTS) is 1. The largest absolute Gasteiger partial charge is 0.480 e. The predicted octanol–water partition coefficient (Wildman–Crippen LogP) is 2.45. The second kappa shape index (κ2) is 4.99. The molecule has 0 aromatic carbocycles. The van der Waals surface area contributed by atoms with Crippen molar-refractivity contribution in [3.63, 3.8) is 0 Å². The Bertz CT molecular complexity index is 350. The molecule has 1 rings (SSSR count). The van der Waals surface area contributed by atoms with Gasteiger partial charge >= 0.3 is 12.1 Å². The Morgan fingerprint density at radius 1 is 1.44 bits per heavy atom. The van der Waals surface area contributed by atoms with E-state index in [2.05, 4.69) is 5.32 Å². The van der Waals surface area contributed by atoms with Crippen molar-refractivity contribution in [1.29, 1.82) is 0 Å². The fraction of sp³-hybridized carbons (Fsp3) is 0.833. The lowest BCUT2D eigenvalue weighted by Crippen LogP contribution is -2.40. The summed E-state index contributed by atoms with van der Waals surface area (Å²) in [4.78, 5) is 22.8.